The third-order valence-electron chi connectivity index (χ3n) is 4.37. The summed E-state index contributed by atoms with van der Waals surface area (Å²) in [6, 6.07) is 8.43. The van der Waals surface area contributed by atoms with E-state index in [9.17, 15) is 4.79 Å². The Bertz CT molecular complexity index is 706. The van der Waals surface area contributed by atoms with Gasteiger partial charge in [-0.15, -0.1) is 0 Å². The number of nitrogens with one attached hydrogen (secondary N) is 1. The van der Waals surface area contributed by atoms with Crippen LogP contribution in [-0.2, 0) is 16.1 Å². The van der Waals surface area contributed by atoms with Gasteiger partial charge in [-0.3, -0.25) is 4.79 Å². The van der Waals surface area contributed by atoms with Crippen molar-refractivity contribution >= 4 is 17.7 Å². The first kappa shape index (κ1) is 18.0. The first-order valence-corrected chi connectivity index (χ1v) is 9.79. The van der Waals surface area contributed by atoms with Crippen molar-refractivity contribution < 1.29 is 9.53 Å². The van der Waals surface area contributed by atoms with Gasteiger partial charge in [0.2, 0.25) is 5.91 Å². The van der Waals surface area contributed by atoms with Gasteiger partial charge in [0.15, 0.2) is 5.16 Å². The second-order valence-corrected chi connectivity index (χ2v) is 7.21. The molecule has 25 heavy (non-hydrogen) atoms. The maximum Gasteiger partial charge on any atom is 0.230 e. The van der Waals surface area contributed by atoms with Crippen LogP contribution in [0.25, 0.3) is 11.3 Å². The van der Waals surface area contributed by atoms with Crippen LogP contribution < -0.4 is 5.32 Å². The summed E-state index contributed by atoms with van der Waals surface area (Å²) >= 11 is 1.48. The van der Waals surface area contributed by atoms with Crippen LogP contribution in [0.5, 0.6) is 0 Å². The van der Waals surface area contributed by atoms with Crippen LogP contribution in [0.2, 0.25) is 0 Å². The predicted octanol–water partition coefficient (Wildman–Crippen LogP) is 3.27. The van der Waals surface area contributed by atoms with E-state index in [0.29, 0.717) is 12.3 Å². The molecule has 0 spiro atoms. The van der Waals surface area contributed by atoms with E-state index in [0.717, 1.165) is 42.4 Å². The molecule has 1 aliphatic heterocycles. The van der Waals surface area contributed by atoms with Crippen molar-refractivity contribution in [2.24, 2.45) is 0 Å². The second kappa shape index (κ2) is 8.54. The molecule has 0 aliphatic carbocycles. The van der Waals surface area contributed by atoms with E-state index in [4.69, 9.17) is 4.74 Å². The van der Waals surface area contributed by atoms with Gasteiger partial charge in [0.1, 0.15) is 0 Å². The Hall–Kier alpha value is -1.79. The number of aromatic nitrogens is 2. The summed E-state index contributed by atoms with van der Waals surface area (Å²) in [7, 11) is 0. The summed E-state index contributed by atoms with van der Waals surface area (Å²) in [6.45, 7) is 6.42. The monoisotopic (exact) mass is 359 g/mol. The quantitative estimate of drug-likeness (QED) is 0.771. The fraction of sp³-hybridized carbons (Fsp3) is 0.474. The predicted molar refractivity (Wildman–Crippen MR) is 101 cm³/mol. The largest absolute Gasteiger partial charge is 0.376 e. The normalized spacial score (nSPS) is 17.0. The molecule has 0 radical (unpaired) electrons. The van der Waals surface area contributed by atoms with E-state index >= 15 is 0 Å². The van der Waals surface area contributed by atoms with E-state index in [-0.39, 0.29) is 12.0 Å². The Labute approximate surface area is 153 Å². The topological polar surface area (TPSA) is 56.2 Å². The number of aryl methyl sites for hydroxylation is 1. The minimum absolute atomic E-state index is 0.0306. The molecule has 1 aliphatic rings. The lowest BCUT2D eigenvalue weighted by atomic mass is 10.1. The van der Waals surface area contributed by atoms with Gasteiger partial charge in [-0.1, -0.05) is 41.6 Å². The van der Waals surface area contributed by atoms with E-state index in [1.165, 1.54) is 17.3 Å². The third kappa shape index (κ3) is 4.64. The highest BCUT2D eigenvalue weighted by Crippen LogP contribution is 2.26. The first-order chi connectivity index (χ1) is 12.2. The minimum atomic E-state index is 0.0306. The number of rotatable bonds is 7. The average molecular weight is 359 g/mol. The molecule has 2 heterocycles. The summed E-state index contributed by atoms with van der Waals surface area (Å²) in [5.41, 5.74) is 3.48. The van der Waals surface area contributed by atoms with Crippen LogP contribution in [0.3, 0.4) is 0 Å². The number of carbonyl (C=O) groups is 1. The Morgan fingerprint density at radius 1 is 1.40 bits per heavy atom. The number of imidazole rings is 1. The molecule has 5 nitrogen and oxygen atoms in total. The maximum atomic E-state index is 12.1. The van der Waals surface area contributed by atoms with Crippen LogP contribution >= 0.6 is 11.8 Å². The van der Waals surface area contributed by atoms with Crippen molar-refractivity contribution in [3.05, 3.63) is 36.0 Å². The van der Waals surface area contributed by atoms with E-state index in [1.807, 2.05) is 6.20 Å². The Morgan fingerprint density at radius 2 is 2.20 bits per heavy atom. The molecule has 0 unspecified atom stereocenters. The molecule has 1 fully saturated rings. The maximum absolute atomic E-state index is 12.1. The van der Waals surface area contributed by atoms with Gasteiger partial charge >= 0.3 is 0 Å². The molecule has 1 aromatic heterocycles. The number of hydrogen-bond donors (Lipinski definition) is 1. The van der Waals surface area contributed by atoms with Crippen LogP contribution in [0.4, 0.5) is 0 Å². The van der Waals surface area contributed by atoms with Gasteiger partial charge in [0.05, 0.1) is 23.7 Å². The highest BCUT2D eigenvalue weighted by Gasteiger charge is 2.17. The highest BCUT2D eigenvalue weighted by molar-refractivity contribution is 7.99. The van der Waals surface area contributed by atoms with Crippen LogP contribution in [-0.4, -0.2) is 40.5 Å². The lowest BCUT2D eigenvalue weighted by Gasteiger charge is -2.11. The molecule has 6 heteroatoms. The molecule has 1 aromatic carbocycles. The number of benzene rings is 1. The molecule has 0 saturated carbocycles. The number of carbonyl (C=O) groups excluding carboxylic acids is 1. The SMILES string of the molecule is CCn1c(-c2ccc(C)cc2)cnc1SCC(=O)NC[C@@H]1CCCO1. The molecule has 1 atom stereocenters. The zero-order chi connectivity index (χ0) is 17.6. The minimum Gasteiger partial charge on any atom is -0.376 e. The standard InChI is InChI=1S/C19H25N3O2S/c1-3-22-17(15-8-6-14(2)7-9-15)12-21-19(22)25-13-18(23)20-11-16-5-4-10-24-16/h6-9,12,16H,3-5,10-11,13H2,1-2H3,(H,20,23)/t16-/m0/s1. The summed E-state index contributed by atoms with van der Waals surface area (Å²) in [5, 5.41) is 3.84. The van der Waals surface area contributed by atoms with Gasteiger partial charge < -0.3 is 14.6 Å². The summed E-state index contributed by atoms with van der Waals surface area (Å²) in [6.07, 6.45) is 4.19. The zero-order valence-corrected chi connectivity index (χ0v) is 15.6. The lowest BCUT2D eigenvalue weighted by Crippen LogP contribution is -2.32. The third-order valence-corrected chi connectivity index (χ3v) is 5.36. The van der Waals surface area contributed by atoms with Crippen molar-refractivity contribution in [1.29, 1.82) is 0 Å². The van der Waals surface area contributed by atoms with Crippen LogP contribution in [0.15, 0.2) is 35.6 Å². The average Bonchev–Trinajstić information content (AvgIpc) is 3.28. The van der Waals surface area contributed by atoms with Crippen molar-refractivity contribution in [2.75, 3.05) is 18.9 Å². The molecule has 2 aromatic rings. The van der Waals surface area contributed by atoms with E-state index in [2.05, 4.69) is 53.0 Å². The van der Waals surface area contributed by atoms with Crippen LogP contribution in [0.1, 0.15) is 25.3 Å². The lowest BCUT2D eigenvalue weighted by molar-refractivity contribution is -0.119. The highest BCUT2D eigenvalue weighted by atomic mass is 32.2. The fourth-order valence-electron chi connectivity index (χ4n) is 2.95. The summed E-state index contributed by atoms with van der Waals surface area (Å²) < 4.78 is 7.68. The number of ether oxygens (including phenoxy) is 1. The first-order valence-electron chi connectivity index (χ1n) is 8.81. The van der Waals surface area contributed by atoms with Gasteiger partial charge in [0.25, 0.3) is 0 Å². The zero-order valence-electron chi connectivity index (χ0n) is 14.8. The molecule has 1 saturated heterocycles. The van der Waals surface area contributed by atoms with Crippen molar-refractivity contribution in [3.8, 4) is 11.3 Å². The van der Waals surface area contributed by atoms with Crippen molar-refractivity contribution in [1.82, 2.24) is 14.9 Å². The number of thioether (sulfide) groups is 1. The van der Waals surface area contributed by atoms with E-state index < -0.39 is 0 Å². The summed E-state index contributed by atoms with van der Waals surface area (Å²) in [5.74, 6) is 0.403. The molecule has 1 N–H and O–H groups in total. The smallest absolute Gasteiger partial charge is 0.230 e. The Kier molecular flexibility index (Phi) is 6.15. The Morgan fingerprint density at radius 3 is 2.88 bits per heavy atom. The number of nitrogens with zero attached hydrogens (tertiary/aromatic N) is 2. The molecule has 134 valence electrons. The second-order valence-electron chi connectivity index (χ2n) is 6.26. The fourth-order valence-corrected chi connectivity index (χ4v) is 3.82. The van der Waals surface area contributed by atoms with Gasteiger partial charge in [-0.05, 0) is 32.3 Å². The number of hydrogen-bond acceptors (Lipinski definition) is 4. The van der Waals surface area contributed by atoms with Gasteiger partial charge in [0, 0.05) is 19.7 Å². The summed E-state index contributed by atoms with van der Waals surface area (Å²) in [4.78, 5) is 16.6. The van der Waals surface area contributed by atoms with E-state index in [1.54, 1.807) is 0 Å². The molecule has 3 rings (SSSR count). The van der Waals surface area contributed by atoms with Crippen LogP contribution in [0, 0.1) is 6.92 Å². The molecule has 0 bridgehead atoms. The van der Waals surface area contributed by atoms with Crippen molar-refractivity contribution in [2.45, 2.75) is 44.5 Å². The molecular formula is C19H25N3O2S. The van der Waals surface area contributed by atoms with Gasteiger partial charge in [-0.25, -0.2) is 4.98 Å². The molecular weight excluding hydrogens is 334 g/mol. The molecule has 1 amide bonds. The van der Waals surface area contributed by atoms with Crippen molar-refractivity contribution in [3.63, 3.8) is 0 Å². The Balaban J connectivity index is 1.58. The van der Waals surface area contributed by atoms with Gasteiger partial charge in [-0.2, -0.15) is 0 Å². The number of amides is 1.